The SMILES string of the molecule is COCC(NN)c1ccc(F)c(C)c1. The zero-order valence-electron chi connectivity index (χ0n) is 8.38. The van der Waals surface area contributed by atoms with Crippen LogP contribution in [0.2, 0.25) is 0 Å². The van der Waals surface area contributed by atoms with E-state index in [9.17, 15) is 4.39 Å². The van der Waals surface area contributed by atoms with Crippen LogP contribution in [0.5, 0.6) is 0 Å². The van der Waals surface area contributed by atoms with E-state index in [0.717, 1.165) is 5.56 Å². The first kappa shape index (κ1) is 11.1. The maximum absolute atomic E-state index is 13.0. The molecule has 0 fully saturated rings. The Bertz CT molecular complexity index is 304. The molecule has 3 N–H and O–H groups in total. The lowest BCUT2D eigenvalue weighted by Crippen LogP contribution is -2.31. The van der Waals surface area contributed by atoms with Gasteiger partial charge in [0, 0.05) is 7.11 Å². The summed E-state index contributed by atoms with van der Waals surface area (Å²) in [6.07, 6.45) is 0. The van der Waals surface area contributed by atoms with E-state index in [0.29, 0.717) is 12.2 Å². The van der Waals surface area contributed by atoms with Gasteiger partial charge in [-0.05, 0) is 24.1 Å². The second-order valence-corrected chi connectivity index (χ2v) is 3.18. The van der Waals surface area contributed by atoms with Gasteiger partial charge in [0.25, 0.3) is 0 Å². The van der Waals surface area contributed by atoms with Crippen LogP contribution in [0.25, 0.3) is 0 Å². The largest absolute Gasteiger partial charge is 0.383 e. The highest BCUT2D eigenvalue weighted by Crippen LogP contribution is 2.16. The van der Waals surface area contributed by atoms with Crippen molar-refractivity contribution in [2.24, 2.45) is 5.84 Å². The van der Waals surface area contributed by atoms with Gasteiger partial charge >= 0.3 is 0 Å². The number of hydrazine groups is 1. The first-order valence-corrected chi connectivity index (χ1v) is 4.40. The molecule has 0 saturated heterocycles. The highest BCUT2D eigenvalue weighted by molar-refractivity contribution is 5.26. The van der Waals surface area contributed by atoms with Gasteiger partial charge in [0.1, 0.15) is 5.82 Å². The maximum atomic E-state index is 13.0. The summed E-state index contributed by atoms with van der Waals surface area (Å²) in [6.45, 7) is 2.18. The average molecular weight is 198 g/mol. The number of nitrogens with two attached hydrogens (primary N) is 1. The average Bonchev–Trinajstić information content (AvgIpc) is 2.19. The number of rotatable bonds is 4. The molecule has 0 spiro atoms. The summed E-state index contributed by atoms with van der Waals surface area (Å²) >= 11 is 0. The van der Waals surface area contributed by atoms with E-state index in [4.69, 9.17) is 10.6 Å². The monoisotopic (exact) mass is 198 g/mol. The van der Waals surface area contributed by atoms with Crippen LogP contribution in [0.4, 0.5) is 4.39 Å². The Morgan fingerprint density at radius 2 is 2.29 bits per heavy atom. The number of benzene rings is 1. The summed E-state index contributed by atoms with van der Waals surface area (Å²) in [5, 5.41) is 0. The van der Waals surface area contributed by atoms with Gasteiger partial charge in [0.05, 0.1) is 12.6 Å². The van der Waals surface area contributed by atoms with E-state index in [1.54, 1.807) is 26.2 Å². The van der Waals surface area contributed by atoms with Gasteiger partial charge in [0.15, 0.2) is 0 Å². The predicted octanol–water partition coefficient (Wildman–Crippen LogP) is 1.28. The van der Waals surface area contributed by atoms with Crippen molar-refractivity contribution in [2.75, 3.05) is 13.7 Å². The molecule has 4 heteroatoms. The fourth-order valence-electron chi connectivity index (χ4n) is 1.29. The third-order valence-corrected chi connectivity index (χ3v) is 2.12. The summed E-state index contributed by atoms with van der Waals surface area (Å²) in [5.74, 6) is 5.15. The van der Waals surface area contributed by atoms with Crippen molar-refractivity contribution in [3.8, 4) is 0 Å². The molecule has 3 nitrogen and oxygen atoms in total. The lowest BCUT2D eigenvalue weighted by Gasteiger charge is -2.15. The molecule has 1 aromatic carbocycles. The lowest BCUT2D eigenvalue weighted by molar-refractivity contribution is 0.167. The van der Waals surface area contributed by atoms with Crippen LogP contribution in [0.1, 0.15) is 17.2 Å². The zero-order chi connectivity index (χ0) is 10.6. The van der Waals surface area contributed by atoms with Gasteiger partial charge in [-0.15, -0.1) is 0 Å². The van der Waals surface area contributed by atoms with Crippen molar-refractivity contribution in [1.82, 2.24) is 5.43 Å². The Morgan fingerprint density at radius 3 is 2.79 bits per heavy atom. The van der Waals surface area contributed by atoms with Crippen molar-refractivity contribution < 1.29 is 9.13 Å². The predicted molar refractivity (Wildman–Crippen MR) is 53.1 cm³/mol. The molecule has 0 bridgehead atoms. The topological polar surface area (TPSA) is 47.3 Å². The molecule has 0 aromatic heterocycles. The Morgan fingerprint density at radius 1 is 1.57 bits per heavy atom. The van der Waals surface area contributed by atoms with Crippen molar-refractivity contribution in [3.05, 3.63) is 35.1 Å². The molecule has 0 amide bonds. The van der Waals surface area contributed by atoms with Gasteiger partial charge < -0.3 is 4.74 Å². The summed E-state index contributed by atoms with van der Waals surface area (Å²) < 4.78 is 18.0. The van der Waals surface area contributed by atoms with E-state index < -0.39 is 0 Å². The van der Waals surface area contributed by atoms with E-state index in [1.165, 1.54) is 6.07 Å². The number of nitrogens with one attached hydrogen (secondary N) is 1. The zero-order valence-corrected chi connectivity index (χ0v) is 8.38. The van der Waals surface area contributed by atoms with E-state index in [2.05, 4.69) is 5.43 Å². The molecule has 78 valence electrons. The normalized spacial score (nSPS) is 12.9. The molecule has 0 aliphatic carbocycles. The molecule has 0 aliphatic rings. The smallest absolute Gasteiger partial charge is 0.126 e. The first-order chi connectivity index (χ1) is 6.69. The molecule has 1 unspecified atom stereocenters. The van der Waals surface area contributed by atoms with Crippen molar-refractivity contribution >= 4 is 0 Å². The Hall–Kier alpha value is -0.970. The fourth-order valence-corrected chi connectivity index (χ4v) is 1.29. The second kappa shape index (κ2) is 5.05. The van der Waals surface area contributed by atoms with E-state index in [-0.39, 0.29) is 11.9 Å². The van der Waals surface area contributed by atoms with E-state index >= 15 is 0 Å². The second-order valence-electron chi connectivity index (χ2n) is 3.18. The van der Waals surface area contributed by atoms with Crippen LogP contribution in [0.3, 0.4) is 0 Å². The number of hydrogen-bond donors (Lipinski definition) is 2. The number of halogens is 1. The lowest BCUT2D eigenvalue weighted by atomic mass is 10.1. The molecule has 0 saturated carbocycles. The molecule has 1 rings (SSSR count). The molecule has 1 atom stereocenters. The standard InChI is InChI=1S/C10H15FN2O/c1-7-5-8(3-4-9(7)11)10(13-12)6-14-2/h3-5,10,13H,6,12H2,1-2H3. The van der Waals surface area contributed by atoms with Crippen LogP contribution < -0.4 is 11.3 Å². The van der Waals surface area contributed by atoms with Gasteiger partial charge in [-0.3, -0.25) is 11.3 Å². The van der Waals surface area contributed by atoms with Gasteiger partial charge in [0.2, 0.25) is 0 Å². The molecule has 14 heavy (non-hydrogen) atoms. The summed E-state index contributed by atoms with van der Waals surface area (Å²) in [7, 11) is 1.60. The number of aryl methyl sites for hydroxylation is 1. The third kappa shape index (κ3) is 2.51. The number of ether oxygens (including phenoxy) is 1. The quantitative estimate of drug-likeness (QED) is 0.566. The Kier molecular flexibility index (Phi) is 4.00. The molecule has 1 aromatic rings. The van der Waals surface area contributed by atoms with Crippen molar-refractivity contribution in [1.29, 1.82) is 0 Å². The van der Waals surface area contributed by atoms with Crippen molar-refractivity contribution in [2.45, 2.75) is 13.0 Å². The van der Waals surface area contributed by atoms with Crippen LogP contribution >= 0.6 is 0 Å². The molecular formula is C10H15FN2O. The highest BCUT2D eigenvalue weighted by Gasteiger charge is 2.10. The van der Waals surface area contributed by atoms with Gasteiger partial charge in [-0.1, -0.05) is 12.1 Å². The van der Waals surface area contributed by atoms with Crippen LogP contribution in [-0.2, 0) is 4.74 Å². The van der Waals surface area contributed by atoms with E-state index in [1.807, 2.05) is 0 Å². The summed E-state index contributed by atoms with van der Waals surface area (Å²) in [5.41, 5.74) is 4.15. The molecule has 0 aliphatic heterocycles. The molecule has 0 radical (unpaired) electrons. The Labute approximate surface area is 83.0 Å². The number of methoxy groups -OCH3 is 1. The number of hydrogen-bond acceptors (Lipinski definition) is 3. The summed E-state index contributed by atoms with van der Waals surface area (Å²) in [6, 6.07) is 4.80. The maximum Gasteiger partial charge on any atom is 0.126 e. The van der Waals surface area contributed by atoms with Gasteiger partial charge in [-0.2, -0.15) is 0 Å². The Balaban J connectivity index is 2.88. The van der Waals surface area contributed by atoms with Gasteiger partial charge in [-0.25, -0.2) is 4.39 Å². The van der Waals surface area contributed by atoms with Crippen LogP contribution in [0, 0.1) is 12.7 Å². The molecule has 0 heterocycles. The minimum atomic E-state index is -0.207. The third-order valence-electron chi connectivity index (χ3n) is 2.12. The first-order valence-electron chi connectivity index (χ1n) is 4.40. The fraction of sp³-hybridized carbons (Fsp3) is 0.400. The van der Waals surface area contributed by atoms with Crippen molar-refractivity contribution in [3.63, 3.8) is 0 Å². The minimum absolute atomic E-state index is 0.0979. The highest BCUT2D eigenvalue weighted by atomic mass is 19.1. The van der Waals surface area contributed by atoms with Crippen LogP contribution in [-0.4, -0.2) is 13.7 Å². The minimum Gasteiger partial charge on any atom is -0.383 e. The molecular weight excluding hydrogens is 183 g/mol. The van der Waals surface area contributed by atoms with Crippen LogP contribution in [0.15, 0.2) is 18.2 Å². The summed E-state index contributed by atoms with van der Waals surface area (Å²) in [4.78, 5) is 0.